The maximum absolute atomic E-state index is 13.2. The quantitative estimate of drug-likeness (QED) is 0.768. The highest BCUT2D eigenvalue weighted by Gasteiger charge is 2.27. The van der Waals surface area contributed by atoms with Gasteiger partial charge in [-0.15, -0.1) is 0 Å². The Kier molecular flexibility index (Phi) is 5.84. The molecule has 8 heteroatoms. The van der Waals surface area contributed by atoms with Gasteiger partial charge < -0.3 is 9.64 Å². The molecule has 1 aliphatic heterocycles. The maximum atomic E-state index is 13.2. The van der Waals surface area contributed by atoms with Gasteiger partial charge in [0.2, 0.25) is 10.0 Å². The third-order valence-corrected chi connectivity index (χ3v) is 6.85. The number of anilines is 1. The SMILES string of the molecule is COc1ccccc1N1CCCC(NS(=O)(=O)c2ccc(F)cc2Br)C1. The summed E-state index contributed by atoms with van der Waals surface area (Å²) in [6.07, 6.45) is 1.60. The first kappa shape index (κ1) is 19.1. The minimum atomic E-state index is -3.75. The fraction of sp³-hybridized carbons (Fsp3) is 0.333. The number of piperidine rings is 1. The normalized spacial score (nSPS) is 18.0. The van der Waals surface area contributed by atoms with Gasteiger partial charge in [-0.1, -0.05) is 12.1 Å². The average Bonchev–Trinajstić information content (AvgIpc) is 2.61. The van der Waals surface area contributed by atoms with E-state index in [1.807, 2.05) is 24.3 Å². The van der Waals surface area contributed by atoms with E-state index in [4.69, 9.17) is 4.74 Å². The molecule has 3 rings (SSSR count). The van der Waals surface area contributed by atoms with Crippen LogP contribution in [0.4, 0.5) is 10.1 Å². The Morgan fingerprint density at radius 3 is 2.77 bits per heavy atom. The van der Waals surface area contributed by atoms with E-state index < -0.39 is 15.8 Å². The van der Waals surface area contributed by atoms with E-state index in [-0.39, 0.29) is 15.4 Å². The maximum Gasteiger partial charge on any atom is 0.242 e. The Balaban J connectivity index is 1.78. The van der Waals surface area contributed by atoms with E-state index in [1.165, 1.54) is 6.07 Å². The van der Waals surface area contributed by atoms with E-state index in [1.54, 1.807) is 7.11 Å². The molecular formula is C18H20BrFN2O3S. The zero-order valence-electron chi connectivity index (χ0n) is 14.3. The molecule has 1 fully saturated rings. The average molecular weight is 443 g/mol. The van der Waals surface area contributed by atoms with Crippen LogP contribution in [-0.2, 0) is 10.0 Å². The second-order valence-corrected chi connectivity index (χ2v) is 8.69. The summed E-state index contributed by atoms with van der Waals surface area (Å²) in [5, 5.41) is 0. The minimum Gasteiger partial charge on any atom is -0.495 e. The van der Waals surface area contributed by atoms with Gasteiger partial charge in [-0.2, -0.15) is 0 Å². The first-order chi connectivity index (χ1) is 12.4. The van der Waals surface area contributed by atoms with Crippen molar-refractivity contribution in [1.29, 1.82) is 0 Å². The predicted octanol–water partition coefficient (Wildman–Crippen LogP) is 3.54. The lowest BCUT2D eigenvalue weighted by atomic mass is 10.1. The molecule has 1 aliphatic rings. The lowest BCUT2D eigenvalue weighted by molar-refractivity contribution is 0.409. The molecule has 0 amide bonds. The van der Waals surface area contributed by atoms with Crippen molar-refractivity contribution in [3.8, 4) is 5.75 Å². The first-order valence-electron chi connectivity index (χ1n) is 8.26. The molecule has 0 saturated carbocycles. The minimum absolute atomic E-state index is 0.0355. The highest BCUT2D eigenvalue weighted by Crippen LogP contribution is 2.30. The summed E-state index contributed by atoms with van der Waals surface area (Å²) in [5.41, 5.74) is 0.946. The second-order valence-electron chi connectivity index (χ2n) is 6.15. The molecule has 26 heavy (non-hydrogen) atoms. The van der Waals surface area contributed by atoms with Gasteiger partial charge in [-0.05, 0) is 59.1 Å². The van der Waals surface area contributed by atoms with E-state index >= 15 is 0 Å². The van der Waals surface area contributed by atoms with Gasteiger partial charge >= 0.3 is 0 Å². The largest absolute Gasteiger partial charge is 0.495 e. The highest BCUT2D eigenvalue weighted by atomic mass is 79.9. The van der Waals surface area contributed by atoms with E-state index in [2.05, 4.69) is 25.6 Å². The molecule has 0 aromatic heterocycles. The van der Waals surface area contributed by atoms with Crippen molar-refractivity contribution in [1.82, 2.24) is 4.72 Å². The summed E-state index contributed by atoms with van der Waals surface area (Å²) >= 11 is 3.13. The number of ether oxygens (including phenoxy) is 1. The topological polar surface area (TPSA) is 58.6 Å². The number of nitrogens with one attached hydrogen (secondary N) is 1. The standard InChI is InChI=1S/C18H20BrFN2O3S/c1-25-17-7-3-2-6-16(17)22-10-4-5-14(12-22)21-26(23,24)18-9-8-13(20)11-15(18)19/h2-3,6-9,11,14,21H,4-5,10,12H2,1H3. The molecule has 0 bridgehead atoms. The summed E-state index contributed by atoms with van der Waals surface area (Å²) < 4.78 is 47.0. The number of halogens is 2. The third-order valence-electron chi connectivity index (χ3n) is 4.35. The third kappa shape index (κ3) is 4.19. The van der Waals surface area contributed by atoms with Crippen LogP contribution in [0.3, 0.4) is 0 Å². The molecule has 0 radical (unpaired) electrons. The van der Waals surface area contributed by atoms with Crippen LogP contribution in [0, 0.1) is 5.82 Å². The van der Waals surface area contributed by atoms with Crippen LogP contribution >= 0.6 is 15.9 Å². The highest BCUT2D eigenvalue weighted by molar-refractivity contribution is 9.10. The molecular weight excluding hydrogens is 423 g/mol. The van der Waals surface area contributed by atoms with E-state index in [0.717, 1.165) is 43.0 Å². The van der Waals surface area contributed by atoms with Crippen molar-refractivity contribution in [2.24, 2.45) is 0 Å². The van der Waals surface area contributed by atoms with Gasteiger partial charge in [-0.25, -0.2) is 17.5 Å². The van der Waals surface area contributed by atoms with Crippen LogP contribution in [0.15, 0.2) is 51.8 Å². The van der Waals surface area contributed by atoms with E-state index in [9.17, 15) is 12.8 Å². The summed E-state index contributed by atoms with van der Waals surface area (Å²) in [7, 11) is -2.13. The molecule has 2 aromatic rings. The number of para-hydroxylation sites is 2. The molecule has 1 saturated heterocycles. The Hall–Kier alpha value is -1.64. The van der Waals surface area contributed by atoms with Gasteiger partial charge in [0.05, 0.1) is 17.7 Å². The Morgan fingerprint density at radius 2 is 2.04 bits per heavy atom. The summed E-state index contributed by atoms with van der Waals surface area (Å²) in [5.74, 6) is 0.271. The number of nitrogens with zero attached hydrogens (tertiary/aromatic N) is 1. The molecule has 1 unspecified atom stereocenters. The molecule has 140 valence electrons. The van der Waals surface area contributed by atoms with Gasteiger partial charge in [0.15, 0.2) is 0 Å². The lowest BCUT2D eigenvalue weighted by Gasteiger charge is -2.35. The molecule has 1 atom stereocenters. The predicted molar refractivity (Wildman–Crippen MR) is 103 cm³/mol. The van der Waals surface area contributed by atoms with Crippen LogP contribution in [0.25, 0.3) is 0 Å². The van der Waals surface area contributed by atoms with E-state index in [0.29, 0.717) is 6.54 Å². The van der Waals surface area contributed by atoms with Crippen molar-refractivity contribution in [3.63, 3.8) is 0 Å². The number of rotatable bonds is 5. The van der Waals surface area contributed by atoms with Gasteiger partial charge in [0.1, 0.15) is 11.6 Å². The molecule has 0 aliphatic carbocycles. The van der Waals surface area contributed by atoms with Gasteiger partial charge in [0.25, 0.3) is 0 Å². The Bertz CT molecular complexity index is 892. The van der Waals surface area contributed by atoms with Gasteiger partial charge in [-0.3, -0.25) is 0 Å². The number of hydrogen-bond acceptors (Lipinski definition) is 4. The monoisotopic (exact) mass is 442 g/mol. The zero-order valence-corrected chi connectivity index (χ0v) is 16.7. The van der Waals surface area contributed by atoms with Crippen molar-refractivity contribution < 1.29 is 17.5 Å². The first-order valence-corrected chi connectivity index (χ1v) is 10.5. The molecule has 5 nitrogen and oxygen atoms in total. The molecule has 1 N–H and O–H groups in total. The van der Waals surface area contributed by atoms with Crippen LogP contribution in [0.1, 0.15) is 12.8 Å². The lowest BCUT2D eigenvalue weighted by Crippen LogP contribution is -2.47. The summed E-state index contributed by atoms with van der Waals surface area (Å²) in [4.78, 5) is 2.16. The fourth-order valence-electron chi connectivity index (χ4n) is 3.16. The van der Waals surface area contributed by atoms with Gasteiger partial charge in [0, 0.05) is 23.6 Å². The van der Waals surface area contributed by atoms with Crippen LogP contribution < -0.4 is 14.4 Å². The number of hydrogen-bond donors (Lipinski definition) is 1. The van der Waals surface area contributed by atoms with Crippen molar-refractivity contribution in [2.75, 3.05) is 25.1 Å². The Labute approximate surface area is 161 Å². The number of methoxy groups -OCH3 is 1. The van der Waals surface area contributed by atoms with Crippen LogP contribution in [-0.4, -0.2) is 34.7 Å². The van der Waals surface area contributed by atoms with Crippen molar-refractivity contribution in [2.45, 2.75) is 23.8 Å². The van der Waals surface area contributed by atoms with Crippen molar-refractivity contribution >= 4 is 31.6 Å². The number of benzene rings is 2. The van der Waals surface area contributed by atoms with Crippen LogP contribution in [0.5, 0.6) is 5.75 Å². The zero-order chi connectivity index (χ0) is 18.7. The molecule has 1 heterocycles. The Morgan fingerprint density at radius 1 is 1.27 bits per heavy atom. The summed E-state index contributed by atoms with van der Waals surface area (Å²) in [6.45, 7) is 1.37. The van der Waals surface area contributed by atoms with Crippen molar-refractivity contribution in [3.05, 3.63) is 52.8 Å². The molecule has 2 aromatic carbocycles. The molecule has 0 spiro atoms. The second kappa shape index (κ2) is 7.94. The summed E-state index contributed by atoms with van der Waals surface area (Å²) in [6, 6.07) is 11.0. The van der Waals surface area contributed by atoms with Crippen LogP contribution in [0.2, 0.25) is 0 Å². The smallest absolute Gasteiger partial charge is 0.242 e. The number of sulfonamides is 1. The fourth-order valence-corrected chi connectivity index (χ4v) is 5.47.